The SMILES string of the molecule is COc1ccc(CCNc2nc3c(cnn3C)c(=O)[nH]2)cc1OC. The molecule has 2 heterocycles. The number of aromatic amines is 1. The van der Waals surface area contributed by atoms with Gasteiger partial charge >= 0.3 is 0 Å². The lowest BCUT2D eigenvalue weighted by Gasteiger charge is -2.10. The molecule has 0 radical (unpaired) electrons. The first-order valence-electron chi connectivity index (χ1n) is 7.49. The first-order valence-corrected chi connectivity index (χ1v) is 7.49. The molecule has 3 aromatic rings. The molecule has 3 rings (SSSR count). The Kier molecular flexibility index (Phi) is 4.37. The number of anilines is 1. The van der Waals surface area contributed by atoms with E-state index in [1.54, 1.807) is 25.9 Å². The van der Waals surface area contributed by atoms with Crippen molar-refractivity contribution in [3.63, 3.8) is 0 Å². The highest BCUT2D eigenvalue weighted by atomic mass is 16.5. The summed E-state index contributed by atoms with van der Waals surface area (Å²) >= 11 is 0. The standard InChI is InChI=1S/C16H19N5O3/c1-21-14-11(9-18-21)15(22)20-16(19-14)17-7-6-10-4-5-12(23-2)13(8-10)24-3/h4-5,8-9H,6-7H2,1-3H3,(H2,17,19,20,22). The summed E-state index contributed by atoms with van der Waals surface area (Å²) in [5.41, 5.74) is 1.43. The van der Waals surface area contributed by atoms with E-state index in [0.29, 0.717) is 35.0 Å². The molecule has 126 valence electrons. The van der Waals surface area contributed by atoms with Crippen molar-refractivity contribution in [1.82, 2.24) is 19.7 Å². The van der Waals surface area contributed by atoms with Gasteiger partial charge in [-0.25, -0.2) is 0 Å². The molecule has 0 aliphatic heterocycles. The molecular weight excluding hydrogens is 310 g/mol. The number of hydrogen-bond acceptors (Lipinski definition) is 6. The summed E-state index contributed by atoms with van der Waals surface area (Å²) in [4.78, 5) is 19.1. The van der Waals surface area contributed by atoms with Gasteiger partial charge in [0, 0.05) is 13.6 Å². The first kappa shape index (κ1) is 15.9. The lowest BCUT2D eigenvalue weighted by Crippen LogP contribution is -2.15. The monoisotopic (exact) mass is 329 g/mol. The van der Waals surface area contributed by atoms with Gasteiger partial charge in [0.15, 0.2) is 17.1 Å². The van der Waals surface area contributed by atoms with Gasteiger partial charge in [0.05, 0.1) is 20.4 Å². The van der Waals surface area contributed by atoms with Gasteiger partial charge in [0.25, 0.3) is 5.56 Å². The molecule has 0 amide bonds. The highest BCUT2D eigenvalue weighted by Gasteiger charge is 2.08. The second-order valence-corrected chi connectivity index (χ2v) is 5.29. The van der Waals surface area contributed by atoms with Crippen LogP contribution < -0.4 is 20.3 Å². The van der Waals surface area contributed by atoms with Crippen LogP contribution >= 0.6 is 0 Å². The molecule has 0 unspecified atom stereocenters. The van der Waals surface area contributed by atoms with Crippen molar-refractivity contribution in [2.24, 2.45) is 7.05 Å². The molecular formula is C16H19N5O3. The number of aryl methyl sites for hydroxylation is 1. The van der Waals surface area contributed by atoms with Gasteiger partial charge in [-0.1, -0.05) is 6.07 Å². The Morgan fingerprint density at radius 1 is 1.25 bits per heavy atom. The zero-order valence-corrected chi connectivity index (χ0v) is 13.8. The predicted octanol–water partition coefficient (Wildman–Crippen LogP) is 1.33. The van der Waals surface area contributed by atoms with Gasteiger partial charge in [-0.2, -0.15) is 10.1 Å². The van der Waals surface area contributed by atoms with Crippen molar-refractivity contribution >= 4 is 17.0 Å². The van der Waals surface area contributed by atoms with E-state index in [-0.39, 0.29) is 5.56 Å². The fraction of sp³-hybridized carbons (Fsp3) is 0.312. The summed E-state index contributed by atoms with van der Waals surface area (Å²) in [6, 6.07) is 5.78. The summed E-state index contributed by atoms with van der Waals surface area (Å²) in [6.45, 7) is 0.613. The minimum absolute atomic E-state index is 0.207. The molecule has 24 heavy (non-hydrogen) atoms. The largest absolute Gasteiger partial charge is 0.493 e. The number of hydrogen-bond donors (Lipinski definition) is 2. The molecule has 0 aliphatic rings. The maximum absolute atomic E-state index is 12.0. The lowest BCUT2D eigenvalue weighted by molar-refractivity contribution is 0.354. The number of fused-ring (bicyclic) bond motifs is 1. The average molecular weight is 329 g/mol. The maximum atomic E-state index is 12.0. The van der Waals surface area contributed by atoms with Crippen molar-refractivity contribution in [2.75, 3.05) is 26.1 Å². The number of rotatable bonds is 6. The van der Waals surface area contributed by atoms with Crippen molar-refractivity contribution in [1.29, 1.82) is 0 Å². The van der Waals surface area contributed by atoms with Crippen LogP contribution in [0.25, 0.3) is 11.0 Å². The van der Waals surface area contributed by atoms with Crippen LogP contribution in [0.5, 0.6) is 11.5 Å². The highest BCUT2D eigenvalue weighted by molar-refractivity contribution is 5.74. The molecule has 0 bridgehead atoms. The molecule has 0 aliphatic carbocycles. The first-order chi connectivity index (χ1) is 11.6. The second kappa shape index (κ2) is 6.61. The second-order valence-electron chi connectivity index (χ2n) is 5.29. The van der Waals surface area contributed by atoms with Crippen LogP contribution in [0.4, 0.5) is 5.95 Å². The van der Waals surface area contributed by atoms with E-state index in [0.717, 1.165) is 12.0 Å². The van der Waals surface area contributed by atoms with Crippen LogP contribution in [-0.4, -0.2) is 40.5 Å². The zero-order chi connectivity index (χ0) is 17.1. The number of methoxy groups -OCH3 is 2. The fourth-order valence-electron chi connectivity index (χ4n) is 2.48. The Morgan fingerprint density at radius 3 is 2.79 bits per heavy atom. The van der Waals surface area contributed by atoms with Crippen molar-refractivity contribution < 1.29 is 9.47 Å². The molecule has 0 atom stereocenters. The third-order valence-corrected chi connectivity index (χ3v) is 3.76. The molecule has 1 aromatic carbocycles. The van der Waals surface area contributed by atoms with E-state index in [2.05, 4.69) is 20.4 Å². The molecule has 2 aromatic heterocycles. The number of benzene rings is 1. The number of nitrogens with zero attached hydrogens (tertiary/aromatic N) is 3. The Balaban J connectivity index is 1.70. The van der Waals surface area contributed by atoms with E-state index in [4.69, 9.17) is 9.47 Å². The minimum Gasteiger partial charge on any atom is -0.493 e. The average Bonchev–Trinajstić information content (AvgIpc) is 2.96. The third-order valence-electron chi connectivity index (χ3n) is 3.76. The number of H-pyrrole nitrogens is 1. The minimum atomic E-state index is -0.207. The lowest BCUT2D eigenvalue weighted by atomic mass is 10.1. The zero-order valence-electron chi connectivity index (χ0n) is 13.8. The van der Waals surface area contributed by atoms with Crippen molar-refractivity contribution in [2.45, 2.75) is 6.42 Å². The maximum Gasteiger partial charge on any atom is 0.263 e. The molecule has 0 saturated carbocycles. The van der Waals surface area contributed by atoms with Crippen LogP contribution in [0.2, 0.25) is 0 Å². The molecule has 0 fully saturated rings. The summed E-state index contributed by atoms with van der Waals surface area (Å²) in [6.07, 6.45) is 2.25. The van der Waals surface area contributed by atoms with Crippen LogP contribution in [0.1, 0.15) is 5.56 Å². The van der Waals surface area contributed by atoms with Gasteiger partial charge in [-0.15, -0.1) is 0 Å². The smallest absolute Gasteiger partial charge is 0.263 e. The van der Waals surface area contributed by atoms with Crippen molar-refractivity contribution in [3.05, 3.63) is 40.3 Å². The van der Waals surface area contributed by atoms with Gasteiger partial charge in [-0.05, 0) is 24.1 Å². The van der Waals surface area contributed by atoms with Gasteiger partial charge in [0.1, 0.15) is 5.39 Å². The molecule has 8 nitrogen and oxygen atoms in total. The van der Waals surface area contributed by atoms with Gasteiger partial charge in [-0.3, -0.25) is 14.5 Å². The summed E-state index contributed by atoms with van der Waals surface area (Å²) < 4.78 is 12.1. The molecule has 8 heteroatoms. The van der Waals surface area contributed by atoms with E-state index >= 15 is 0 Å². The normalized spacial score (nSPS) is 10.8. The van der Waals surface area contributed by atoms with E-state index in [1.165, 1.54) is 6.20 Å². The third kappa shape index (κ3) is 3.03. The van der Waals surface area contributed by atoms with Crippen LogP contribution in [0.3, 0.4) is 0 Å². The number of nitrogens with one attached hydrogen (secondary N) is 2. The highest BCUT2D eigenvalue weighted by Crippen LogP contribution is 2.27. The fourth-order valence-corrected chi connectivity index (χ4v) is 2.48. The Morgan fingerprint density at radius 2 is 2.04 bits per heavy atom. The predicted molar refractivity (Wildman–Crippen MR) is 90.9 cm³/mol. The van der Waals surface area contributed by atoms with Gasteiger partial charge < -0.3 is 14.8 Å². The molecule has 2 N–H and O–H groups in total. The molecule has 0 spiro atoms. The molecule has 0 saturated heterocycles. The number of aromatic nitrogens is 4. The van der Waals surface area contributed by atoms with Crippen molar-refractivity contribution in [3.8, 4) is 11.5 Å². The quantitative estimate of drug-likeness (QED) is 0.708. The Bertz CT molecular complexity index is 916. The summed E-state index contributed by atoms with van der Waals surface area (Å²) in [5, 5.41) is 7.65. The number of ether oxygens (including phenoxy) is 2. The summed E-state index contributed by atoms with van der Waals surface area (Å²) in [5.74, 6) is 1.82. The van der Waals surface area contributed by atoms with E-state index in [9.17, 15) is 4.79 Å². The van der Waals surface area contributed by atoms with Crippen LogP contribution in [-0.2, 0) is 13.5 Å². The van der Waals surface area contributed by atoms with E-state index < -0.39 is 0 Å². The van der Waals surface area contributed by atoms with Crippen LogP contribution in [0, 0.1) is 0 Å². The summed E-state index contributed by atoms with van der Waals surface area (Å²) in [7, 11) is 4.97. The van der Waals surface area contributed by atoms with E-state index in [1.807, 2.05) is 18.2 Å². The van der Waals surface area contributed by atoms with Crippen LogP contribution in [0.15, 0.2) is 29.2 Å². The Hall–Kier alpha value is -3.03. The topological polar surface area (TPSA) is 94.1 Å². The Labute approximate surface area is 138 Å². The van der Waals surface area contributed by atoms with Gasteiger partial charge in [0.2, 0.25) is 5.95 Å².